The zero-order valence-electron chi connectivity index (χ0n) is 22.2. The topological polar surface area (TPSA) is 84.9 Å². The van der Waals surface area contributed by atoms with E-state index in [0.29, 0.717) is 25.4 Å². The van der Waals surface area contributed by atoms with Gasteiger partial charge in [0.25, 0.3) is 0 Å². The molecule has 0 bridgehead atoms. The van der Waals surface area contributed by atoms with Gasteiger partial charge in [0.2, 0.25) is 6.79 Å². The Balaban J connectivity index is 1.27. The molecule has 206 valence electrons. The van der Waals surface area contributed by atoms with Gasteiger partial charge >= 0.3 is 5.97 Å². The van der Waals surface area contributed by atoms with Crippen molar-refractivity contribution >= 4 is 5.97 Å². The highest BCUT2D eigenvalue weighted by molar-refractivity contribution is 5.94. The van der Waals surface area contributed by atoms with Gasteiger partial charge in [-0.25, -0.2) is 4.79 Å². The van der Waals surface area contributed by atoms with Gasteiger partial charge in [-0.05, 0) is 55.2 Å². The molecule has 0 saturated carbocycles. The van der Waals surface area contributed by atoms with E-state index in [1.165, 1.54) is 0 Å². The predicted octanol–water partition coefficient (Wildman–Crippen LogP) is 3.21. The van der Waals surface area contributed by atoms with Crippen molar-refractivity contribution in [3.8, 4) is 0 Å². The molecule has 3 aliphatic heterocycles. The van der Waals surface area contributed by atoms with Gasteiger partial charge in [-0.2, -0.15) is 0 Å². The van der Waals surface area contributed by atoms with Crippen molar-refractivity contribution in [2.45, 2.75) is 31.8 Å². The van der Waals surface area contributed by atoms with E-state index in [9.17, 15) is 4.79 Å². The number of ether oxygens (including phenoxy) is 7. The number of nitrogens with zero attached hydrogens (tertiary/aromatic N) is 1. The minimum Gasteiger partial charge on any atom is -0.497 e. The first-order valence-electron chi connectivity index (χ1n) is 13.7. The van der Waals surface area contributed by atoms with Gasteiger partial charge in [0.05, 0.1) is 45.0 Å². The Labute approximate surface area is 223 Å². The van der Waals surface area contributed by atoms with E-state index in [0.717, 1.165) is 86.1 Å². The van der Waals surface area contributed by atoms with Crippen LogP contribution < -0.4 is 0 Å². The molecule has 6 rings (SSSR count). The largest absolute Gasteiger partial charge is 0.497 e. The van der Waals surface area contributed by atoms with Gasteiger partial charge in [0.15, 0.2) is 17.3 Å². The monoisotopic (exact) mass is 527 g/mol. The first-order valence-corrected chi connectivity index (χ1v) is 13.7. The Kier molecular flexibility index (Phi) is 7.50. The van der Waals surface area contributed by atoms with Crippen LogP contribution in [0.1, 0.15) is 25.7 Å². The van der Waals surface area contributed by atoms with Crippen LogP contribution in [0.5, 0.6) is 0 Å². The molecule has 3 saturated heterocycles. The maximum Gasteiger partial charge on any atom is 0.334 e. The zero-order chi connectivity index (χ0) is 26.1. The van der Waals surface area contributed by atoms with Crippen LogP contribution in [-0.2, 0) is 38.0 Å². The van der Waals surface area contributed by atoms with E-state index in [1.54, 1.807) is 14.2 Å². The van der Waals surface area contributed by atoms with Crippen LogP contribution in [0.3, 0.4) is 0 Å². The second kappa shape index (κ2) is 11.2. The third-order valence-electron chi connectivity index (χ3n) is 8.45. The summed E-state index contributed by atoms with van der Waals surface area (Å²) in [6.45, 7) is 5.88. The SMILES string of the molecule is COC1=C(OC)CC2C(=C1)C(C1C=C3OCOC3=CC1)=C1C(=O)OCC1C2OCCCCN1CCOCC1. The van der Waals surface area contributed by atoms with E-state index >= 15 is 0 Å². The number of unbranched alkanes of at least 4 members (excludes halogenated alkanes) is 1. The molecule has 4 atom stereocenters. The first-order chi connectivity index (χ1) is 18.7. The second-order valence-corrected chi connectivity index (χ2v) is 10.5. The lowest BCUT2D eigenvalue weighted by Crippen LogP contribution is -2.42. The molecule has 0 radical (unpaired) electrons. The maximum absolute atomic E-state index is 13.2. The summed E-state index contributed by atoms with van der Waals surface area (Å²) < 4.78 is 40.5. The number of hydrogen-bond acceptors (Lipinski definition) is 9. The van der Waals surface area contributed by atoms with Crippen LogP contribution in [0.25, 0.3) is 0 Å². The quantitative estimate of drug-likeness (QED) is 0.331. The molecular weight excluding hydrogens is 490 g/mol. The maximum atomic E-state index is 13.2. The molecule has 9 nitrogen and oxygen atoms in total. The zero-order valence-corrected chi connectivity index (χ0v) is 22.2. The number of carbonyl (C=O) groups excluding carboxylic acids is 1. The highest BCUT2D eigenvalue weighted by Crippen LogP contribution is 2.52. The minimum atomic E-state index is -0.248. The normalized spacial score (nSPS) is 30.8. The van der Waals surface area contributed by atoms with Crippen molar-refractivity contribution in [2.24, 2.45) is 17.8 Å². The van der Waals surface area contributed by atoms with Gasteiger partial charge in [-0.15, -0.1) is 0 Å². The second-order valence-electron chi connectivity index (χ2n) is 10.5. The van der Waals surface area contributed by atoms with Crippen LogP contribution in [0.2, 0.25) is 0 Å². The molecule has 0 aromatic carbocycles. The fourth-order valence-electron chi connectivity index (χ4n) is 6.55. The van der Waals surface area contributed by atoms with Crippen LogP contribution in [0.15, 0.2) is 58.0 Å². The van der Waals surface area contributed by atoms with Gasteiger partial charge in [-0.3, -0.25) is 4.90 Å². The average Bonchev–Trinajstić information content (AvgIpc) is 3.58. The third-order valence-corrected chi connectivity index (χ3v) is 8.45. The number of fused-ring (bicyclic) bond motifs is 3. The average molecular weight is 528 g/mol. The Hall–Kier alpha value is -2.75. The van der Waals surface area contributed by atoms with E-state index in [2.05, 4.69) is 17.1 Å². The van der Waals surface area contributed by atoms with Gasteiger partial charge in [-0.1, -0.05) is 0 Å². The van der Waals surface area contributed by atoms with Crippen LogP contribution in [-0.4, -0.2) is 84.0 Å². The fourth-order valence-corrected chi connectivity index (χ4v) is 6.55. The van der Waals surface area contributed by atoms with Crippen molar-refractivity contribution in [2.75, 3.05) is 67.1 Å². The summed E-state index contributed by atoms with van der Waals surface area (Å²) in [6, 6.07) is 0. The molecule has 3 heterocycles. The van der Waals surface area contributed by atoms with Crippen LogP contribution in [0, 0.1) is 17.8 Å². The number of esters is 1. The van der Waals surface area contributed by atoms with E-state index in [1.807, 2.05) is 6.08 Å². The Morgan fingerprint density at radius 1 is 1.00 bits per heavy atom. The lowest BCUT2D eigenvalue weighted by molar-refractivity contribution is -0.135. The molecule has 0 aromatic rings. The molecule has 0 spiro atoms. The van der Waals surface area contributed by atoms with Crippen molar-refractivity contribution in [1.82, 2.24) is 4.90 Å². The number of hydrogen-bond donors (Lipinski definition) is 0. The van der Waals surface area contributed by atoms with Crippen LogP contribution >= 0.6 is 0 Å². The Bertz CT molecular complexity index is 1100. The van der Waals surface area contributed by atoms with Gasteiger partial charge in [0.1, 0.15) is 12.4 Å². The summed E-state index contributed by atoms with van der Waals surface area (Å²) in [6.07, 6.45) is 9.40. The Morgan fingerprint density at radius 3 is 2.66 bits per heavy atom. The smallest absolute Gasteiger partial charge is 0.334 e. The number of allylic oxidation sites excluding steroid dienone is 5. The summed E-state index contributed by atoms with van der Waals surface area (Å²) in [4.78, 5) is 15.6. The van der Waals surface area contributed by atoms with Crippen LogP contribution in [0.4, 0.5) is 0 Å². The standard InChI is InChI=1S/C29H37NO8/c1-32-23-14-19-20(15-24(23)33-2)28(35-10-4-3-7-30-8-11-34-12-9-30)21-16-36-29(31)27(21)26(19)18-5-6-22-25(13-18)38-17-37-22/h6,13-14,18,20-21,28H,3-5,7-12,15-17H2,1-2H3. The predicted molar refractivity (Wildman–Crippen MR) is 136 cm³/mol. The summed E-state index contributed by atoms with van der Waals surface area (Å²) in [5.74, 6) is 2.64. The lowest BCUT2D eigenvalue weighted by Gasteiger charge is -2.42. The molecule has 0 amide bonds. The Morgan fingerprint density at radius 2 is 1.84 bits per heavy atom. The van der Waals surface area contributed by atoms with Crippen molar-refractivity contribution in [3.05, 3.63) is 58.0 Å². The number of morpholine rings is 1. The summed E-state index contributed by atoms with van der Waals surface area (Å²) >= 11 is 0. The van der Waals surface area contributed by atoms with E-state index in [-0.39, 0.29) is 36.6 Å². The van der Waals surface area contributed by atoms with Crippen molar-refractivity contribution in [3.63, 3.8) is 0 Å². The molecule has 3 fully saturated rings. The van der Waals surface area contributed by atoms with E-state index in [4.69, 9.17) is 33.2 Å². The minimum absolute atomic E-state index is 0.0241. The third kappa shape index (κ3) is 4.76. The number of cyclic esters (lactones) is 1. The van der Waals surface area contributed by atoms with Crippen molar-refractivity contribution < 1.29 is 38.0 Å². The molecule has 3 aliphatic carbocycles. The van der Waals surface area contributed by atoms with E-state index < -0.39 is 0 Å². The number of methoxy groups -OCH3 is 2. The first kappa shape index (κ1) is 25.5. The van der Waals surface area contributed by atoms with Gasteiger partial charge < -0.3 is 33.2 Å². The highest BCUT2D eigenvalue weighted by atomic mass is 16.7. The summed E-state index contributed by atoms with van der Waals surface area (Å²) in [7, 11) is 3.33. The number of rotatable bonds is 9. The molecular formula is C29H37NO8. The fraction of sp³-hybridized carbons (Fsp3) is 0.621. The number of carbonyl (C=O) groups is 1. The van der Waals surface area contributed by atoms with Gasteiger partial charge in [0, 0.05) is 38.0 Å². The molecule has 38 heavy (non-hydrogen) atoms. The summed E-state index contributed by atoms with van der Waals surface area (Å²) in [5.41, 5.74) is 2.82. The summed E-state index contributed by atoms with van der Waals surface area (Å²) in [5, 5.41) is 0. The molecule has 6 aliphatic rings. The molecule has 9 heteroatoms. The molecule has 0 N–H and O–H groups in total. The highest BCUT2D eigenvalue weighted by Gasteiger charge is 2.51. The lowest BCUT2D eigenvalue weighted by atomic mass is 9.65. The van der Waals surface area contributed by atoms with Crippen molar-refractivity contribution in [1.29, 1.82) is 0 Å². The molecule has 0 aromatic heterocycles. The molecule has 4 unspecified atom stereocenters.